The molecule has 138 valence electrons. The molecule has 1 aromatic rings. The van der Waals surface area contributed by atoms with Gasteiger partial charge in [0, 0.05) is 18.2 Å². The summed E-state index contributed by atoms with van der Waals surface area (Å²) < 4.78 is 10.6. The molecule has 0 atom stereocenters. The van der Waals surface area contributed by atoms with Gasteiger partial charge >= 0.3 is 6.09 Å². The normalized spacial score (nSPS) is 10.9. The second-order valence-corrected chi connectivity index (χ2v) is 6.39. The number of carbonyl (C=O) groups is 2. The highest BCUT2D eigenvalue weighted by Crippen LogP contribution is 2.28. The van der Waals surface area contributed by atoms with E-state index in [2.05, 4.69) is 5.32 Å². The second kappa shape index (κ2) is 8.32. The van der Waals surface area contributed by atoms with Gasteiger partial charge in [-0.1, -0.05) is 0 Å². The minimum absolute atomic E-state index is 0.0580. The molecule has 0 aliphatic heterocycles. The van der Waals surface area contributed by atoms with E-state index < -0.39 is 22.5 Å². The van der Waals surface area contributed by atoms with Gasteiger partial charge in [0.05, 0.1) is 17.1 Å². The fourth-order valence-electron chi connectivity index (χ4n) is 1.94. The third kappa shape index (κ3) is 6.66. The van der Waals surface area contributed by atoms with Crippen molar-refractivity contribution in [1.82, 2.24) is 5.32 Å². The highest BCUT2D eigenvalue weighted by atomic mass is 16.6. The van der Waals surface area contributed by atoms with Crippen molar-refractivity contribution < 1.29 is 24.0 Å². The van der Waals surface area contributed by atoms with Crippen LogP contribution in [0.15, 0.2) is 12.1 Å². The lowest BCUT2D eigenvalue weighted by Crippen LogP contribution is -2.33. The summed E-state index contributed by atoms with van der Waals surface area (Å²) in [7, 11) is 0. The monoisotopic (exact) mass is 353 g/mol. The quantitative estimate of drug-likeness (QED) is 0.439. The van der Waals surface area contributed by atoms with Gasteiger partial charge < -0.3 is 20.5 Å². The predicted molar refractivity (Wildman–Crippen MR) is 90.7 cm³/mol. The van der Waals surface area contributed by atoms with Crippen molar-refractivity contribution >= 4 is 17.7 Å². The van der Waals surface area contributed by atoms with E-state index in [-0.39, 0.29) is 23.6 Å². The molecule has 25 heavy (non-hydrogen) atoms. The Hall–Kier alpha value is -2.84. The number of amides is 2. The first-order valence-corrected chi connectivity index (χ1v) is 7.69. The van der Waals surface area contributed by atoms with Crippen LogP contribution in [0, 0.1) is 17.0 Å². The van der Waals surface area contributed by atoms with Gasteiger partial charge in [-0.25, -0.2) is 4.79 Å². The van der Waals surface area contributed by atoms with E-state index in [1.165, 1.54) is 6.07 Å². The van der Waals surface area contributed by atoms with E-state index >= 15 is 0 Å². The number of hydrogen-bond acceptors (Lipinski definition) is 6. The minimum atomic E-state index is -0.815. The largest absolute Gasteiger partial charge is 0.493 e. The number of nitro benzene ring substituents is 1. The van der Waals surface area contributed by atoms with Crippen molar-refractivity contribution in [2.24, 2.45) is 5.73 Å². The van der Waals surface area contributed by atoms with E-state index in [1.54, 1.807) is 27.7 Å². The molecule has 0 saturated carbocycles. The number of nitro groups is 1. The summed E-state index contributed by atoms with van der Waals surface area (Å²) in [6, 6.07) is 2.51. The van der Waals surface area contributed by atoms with Gasteiger partial charge in [-0.15, -0.1) is 0 Å². The summed E-state index contributed by atoms with van der Waals surface area (Å²) in [4.78, 5) is 33.3. The molecule has 0 fully saturated rings. The number of rotatable bonds is 7. The Labute approximate surface area is 145 Å². The number of nitrogens with one attached hydrogen (secondary N) is 1. The first kappa shape index (κ1) is 20.2. The van der Waals surface area contributed by atoms with Gasteiger partial charge in [0.15, 0.2) is 0 Å². The van der Waals surface area contributed by atoms with Gasteiger partial charge in [-0.2, -0.15) is 0 Å². The first-order chi connectivity index (χ1) is 11.5. The molecule has 0 heterocycles. The zero-order valence-electron chi connectivity index (χ0n) is 14.8. The Balaban J connectivity index is 2.60. The summed E-state index contributed by atoms with van der Waals surface area (Å²) in [6.07, 6.45) is -0.0791. The summed E-state index contributed by atoms with van der Waals surface area (Å²) in [5.41, 5.74) is 4.77. The molecule has 0 spiro atoms. The number of benzene rings is 1. The molecule has 0 aromatic heterocycles. The van der Waals surface area contributed by atoms with Crippen LogP contribution >= 0.6 is 0 Å². The Morgan fingerprint density at radius 3 is 2.48 bits per heavy atom. The molecular weight excluding hydrogens is 330 g/mol. The lowest BCUT2D eigenvalue weighted by molar-refractivity contribution is -0.385. The highest BCUT2D eigenvalue weighted by Gasteiger charge is 2.19. The van der Waals surface area contributed by atoms with Crippen molar-refractivity contribution in [2.75, 3.05) is 13.2 Å². The van der Waals surface area contributed by atoms with E-state index in [4.69, 9.17) is 15.2 Å². The topological polar surface area (TPSA) is 134 Å². The molecule has 0 aliphatic rings. The van der Waals surface area contributed by atoms with E-state index in [1.807, 2.05) is 0 Å². The SMILES string of the molecule is Cc1cc(OCCCNC(=O)OC(C)(C)C)c(C(N)=O)cc1[N+](=O)[O-]. The third-order valence-corrected chi connectivity index (χ3v) is 3.01. The second-order valence-electron chi connectivity index (χ2n) is 6.39. The summed E-state index contributed by atoms with van der Waals surface area (Å²) in [6.45, 7) is 7.33. The van der Waals surface area contributed by atoms with Gasteiger partial charge in [0.25, 0.3) is 11.6 Å². The van der Waals surface area contributed by atoms with Crippen LogP contribution in [-0.4, -0.2) is 35.7 Å². The Bertz CT molecular complexity index is 667. The fourth-order valence-corrected chi connectivity index (χ4v) is 1.94. The molecule has 3 N–H and O–H groups in total. The van der Waals surface area contributed by atoms with Crippen LogP contribution in [0.3, 0.4) is 0 Å². The molecule has 0 saturated heterocycles. The standard InChI is InChI=1S/C16H23N3O6/c1-10-8-13(11(14(17)20)9-12(10)19(22)23)24-7-5-6-18-15(21)25-16(2,3)4/h8-9H,5-7H2,1-4H3,(H2,17,20)(H,18,21). The number of hydrogen-bond donors (Lipinski definition) is 2. The maximum absolute atomic E-state index is 11.5. The smallest absolute Gasteiger partial charge is 0.407 e. The number of primary amides is 1. The Morgan fingerprint density at radius 2 is 1.96 bits per heavy atom. The Morgan fingerprint density at radius 1 is 1.32 bits per heavy atom. The van der Waals surface area contributed by atoms with Crippen LogP contribution in [0.2, 0.25) is 0 Å². The van der Waals surface area contributed by atoms with Gasteiger partial charge in [-0.3, -0.25) is 14.9 Å². The van der Waals surface area contributed by atoms with Crippen LogP contribution in [0.25, 0.3) is 0 Å². The number of ether oxygens (including phenoxy) is 2. The zero-order valence-corrected chi connectivity index (χ0v) is 14.8. The highest BCUT2D eigenvalue weighted by molar-refractivity contribution is 5.96. The van der Waals surface area contributed by atoms with Crippen molar-refractivity contribution in [3.8, 4) is 5.75 Å². The molecule has 0 unspecified atom stereocenters. The molecule has 9 nitrogen and oxygen atoms in total. The molecule has 1 aromatic carbocycles. The summed E-state index contributed by atoms with van der Waals surface area (Å²) >= 11 is 0. The van der Waals surface area contributed by atoms with E-state index in [0.717, 1.165) is 6.07 Å². The van der Waals surface area contributed by atoms with Crippen molar-refractivity contribution in [2.45, 2.75) is 39.7 Å². The van der Waals surface area contributed by atoms with Crippen LogP contribution < -0.4 is 15.8 Å². The minimum Gasteiger partial charge on any atom is -0.493 e. The van der Waals surface area contributed by atoms with Crippen LogP contribution in [0.4, 0.5) is 10.5 Å². The summed E-state index contributed by atoms with van der Waals surface area (Å²) in [5, 5.41) is 13.5. The zero-order chi connectivity index (χ0) is 19.2. The molecule has 1 rings (SSSR count). The lowest BCUT2D eigenvalue weighted by atomic mass is 10.1. The van der Waals surface area contributed by atoms with Crippen molar-refractivity contribution in [1.29, 1.82) is 0 Å². The lowest BCUT2D eigenvalue weighted by Gasteiger charge is -2.19. The van der Waals surface area contributed by atoms with Crippen LogP contribution in [-0.2, 0) is 4.74 Å². The molecular formula is C16H23N3O6. The number of aryl methyl sites for hydroxylation is 1. The van der Waals surface area contributed by atoms with Gasteiger partial charge in [0.2, 0.25) is 0 Å². The van der Waals surface area contributed by atoms with Gasteiger partial charge in [0.1, 0.15) is 11.4 Å². The molecule has 2 amide bonds. The first-order valence-electron chi connectivity index (χ1n) is 7.69. The predicted octanol–water partition coefficient (Wildman–Crippen LogP) is 2.30. The number of alkyl carbamates (subject to hydrolysis) is 1. The number of nitrogens with zero attached hydrogens (tertiary/aromatic N) is 1. The maximum Gasteiger partial charge on any atom is 0.407 e. The van der Waals surface area contributed by atoms with Gasteiger partial charge in [-0.05, 0) is 40.2 Å². The molecule has 0 bridgehead atoms. The summed E-state index contributed by atoms with van der Waals surface area (Å²) in [5.74, 6) is -0.641. The fraction of sp³-hybridized carbons (Fsp3) is 0.500. The van der Waals surface area contributed by atoms with Crippen molar-refractivity contribution in [3.05, 3.63) is 33.4 Å². The van der Waals surface area contributed by atoms with E-state index in [0.29, 0.717) is 18.5 Å². The molecule has 9 heteroatoms. The third-order valence-electron chi connectivity index (χ3n) is 3.01. The van der Waals surface area contributed by atoms with E-state index in [9.17, 15) is 19.7 Å². The van der Waals surface area contributed by atoms with Crippen molar-refractivity contribution in [3.63, 3.8) is 0 Å². The van der Waals surface area contributed by atoms with Crippen LogP contribution in [0.1, 0.15) is 43.1 Å². The average Bonchev–Trinajstić information content (AvgIpc) is 2.44. The Kier molecular flexibility index (Phi) is 6.72. The number of carbonyl (C=O) groups excluding carboxylic acids is 2. The molecule has 0 aliphatic carbocycles. The van der Waals surface area contributed by atoms with Crippen LogP contribution in [0.5, 0.6) is 5.75 Å². The maximum atomic E-state index is 11.5. The molecule has 0 radical (unpaired) electrons. The number of nitrogens with two attached hydrogens (primary N) is 1. The average molecular weight is 353 g/mol.